The summed E-state index contributed by atoms with van der Waals surface area (Å²) in [6, 6.07) is 3.98. The highest BCUT2D eigenvalue weighted by molar-refractivity contribution is 7.92. The van der Waals surface area contributed by atoms with E-state index < -0.39 is 19.5 Å². The second-order valence-electron chi connectivity index (χ2n) is 4.82. The summed E-state index contributed by atoms with van der Waals surface area (Å²) in [5.41, 5.74) is 0.276. The van der Waals surface area contributed by atoms with Crippen LogP contribution in [0.1, 0.15) is 26.3 Å². The van der Waals surface area contributed by atoms with Crippen LogP contribution in [0.2, 0.25) is 0 Å². The van der Waals surface area contributed by atoms with Crippen LogP contribution in [0.3, 0.4) is 0 Å². The van der Waals surface area contributed by atoms with Crippen molar-refractivity contribution >= 4 is 15.5 Å². The molecule has 0 aliphatic rings. The molecule has 0 saturated heterocycles. The Kier molecular flexibility index (Phi) is 3.29. The smallest absolute Gasteiger partial charge is 0.258 e. The van der Waals surface area contributed by atoms with Crippen molar-refractivity contribution in [1.82, 2.24) is 0 Å². The van der Waals surface area contributed by atoms with Gasteiger partial charge in [-0.15, -0.1) is 0 Å². The molecule has 94 valence electrons. The Hall–Kier alpha value is -1.43. The van der Waals surface area contributed by atoms with Gasteiger partial charge < -0.3 is 0 Å². The topological polar surface area (TPSA) is 77.3 Å². The predicted octanol–water partition coefficient (Wildman–Crippen LogP) is 2.48. The van der Waals surface area contributed by atoms with Crippen molar-refractivity contribution in [2.75, 3.05) is 0 Å². The zero-order valence-electron chi connectivity index (χ0n) is 10.2. The summed E-state index contributed by atoms with van der Waals surface area (Å²) in [7, 11) is -3.55. The maximum atomic E-state index is 12.1. The number of nitrogens with zero attached hydrogens (tertiary/aromatic N) is 1. The molecule has 0 N–H and O–H groups in total. The van der Waals surface area contributed by atoms with E-state index in [1.54, 1.807) is 27.7 Å². The molecule has 6 heteroatoms. The first-order valence-corrected chi connectivity index (χ1v) is 6.55. The van der Waals surface area contributed by atoms with E-state index in [2.05, 4.69) is 0 Å². The first kappa shape index (κ1) is 13.6. The molecule has 0 aromatic heterocycles. The normalized spacial score (nSPS) is 12.5. The third-order valence-corrected chi connectivity index (χ3v) is 4.98. The Morgan fingerprint density at radius 1 is 1.24 bits per heavy atom. The molecule has 1 rings (SSSR count). The van der Waals surface area contributed by atoms with Crippen molar-refractivity contribution in [3.63, 3.8) is 0 Å². The van der Waals surface area contributed by atoms with E-state index in [4.69, 9.17) is 0 Å². The SMILES string of the molecule is Cc1ccc(S(=O)(=O)C(C)(C)C)cc1[N+](=O)[O-]. The number of rotatable bonds is 2. The van der Waals surface area contributed by atoms with Crippen LogP contribution >= 0.6 is 0 Å². The quantitative estimate of drug-likeness (QED) is 0.602. The number of nitro benzene ring substituents is 1. The molecule has 0 unspecified atom stereocenters. The summed E-state index contributed by atoms with van der Waals surface area (Å²) < 4.78 is 23.3. The minimum Gasteiger partial charge on any atom is -0.258 e. The standard InChI is InChI=1S/C11H15NO4S/c1-8-5-6-9(7-10(8)12(13)14)17(15,16)11(2,3)4/h5-7H,1-4H3. The molecule has 0 aliphatic heterocycles. The van der Waals surface area contributed by atoms with E-state index in [0.717, 1.165) is 6.07 Å². The van der Waals surface area contributed by atoms with Crippen LogP contribution in [0.5, 0.6) is 0 Å². The monoisotopic (exact) mass is 257 g/mol. The molecule has 0 fully saturated rings. The number of benzene rings is 1. The summed E-state index contributed by atoms with van der Waals surface area (Å²) in [4.78, 5) is 10.2. The number of hydrogen-bond donors (Lipinski definition) is 0. The van der Waals surface area contributed by atoms with Gasteiger partial charge in [0, 0.05) is 11.6 Å². The van der Waals surface area contributed by atoms with Crippen LogP contribution in [0, 0.1) is 17.0 Å². The van der Waals surface area contributed by atoms with Gasteiger partial charge in [0.1, 0.15) is 0 Å². The molecule has 0 saturated carbocycles. The molecule has 1 aromatic rings. The van der Waals surface area contributed by atoms with Crippen molar-refractivity contribution in [3.8, 4) is 0 Å². The second-order valence-corrected chi connectivity index (χ2v) is 7.52. The van der Waals surface area contributed by atoms with Crippen molar-refractivity contribution in [2.45, 2.75) is 37.3 Å². The molecule has 0 radical (unpaired) electrons. The van der Waals surface area contributed by atoms with E-state index in [1.807, 2.05) is 0 Å². The van der Waals surface area contributed by atoms with E-state index in [0.29, 0.717) is 5.56 Å². The van der Waals surface area contributed by atoms with E-state index in [1.165, 1.54) is 12.1 Å². The van der Waals surface area contributed by atoms with Crippen LogP contribution in [0.4, 0.5) is 5.69 Å². The highest BCUT2D eigenvalue weighted by Gasteiger charge is 2.32. The lowest BCUT2D eigenvalue weighted by Crippen LogP contribution is -2.27. The zero-order chi connectivity index (χ0) is 13.4. The number of aryl methyl sites for hydroxylation is 1. The molecule has 0 atom stereocenters. The van der Waals surface area contributed by atoms with Crippen LogP contribution in [-0.4, -0.2) is 18.1 Å². The summed E-state index contributed by atoms with van der Waals surface area (Å²) in [6.07, 6.45) is 0. The summed E-state index contributed by atoms with van der Waals surface area (Å²) in [5.74, 6) is 0. The van der Waals surface area contributed by atoms with Gasteiger partial charge in [0.15, 0.2) is 9.84 Å². The predicted molar refractivity (Wildman–Crippen MR) is 64.8 cm³/mol. The summed E-state index contributed by atoms with van der Waals surface area (Å²) in [6.45, 7) is 6.27. The summed E-state index contributed by atoms with van der Waals surface area (Å²) >= 11 is 0. The maximum Gasteiger partial charge on any atom is 0.273 e. The fourth-order valence-electron chi connectivity index (χ4n) is 1.31. The van der Waals surface area contributed by atoms with Crippen LogP contribution < -0.4 is 0 Å². The third-order valence-electron chi connectivity index (χ3n) is 2.49. The second kappa shape index (κ2) is 4.10. The highest BCUT2D eigenvalue weighted by atomic mass is 32.2. The fourth-order valence-corrected chi connectivity index (χ4v) is 2.53. The lowest BCUT2D eigenvalue weighted by Gasteiger charge is -2.19. The van der Waals surface area contributed by atoms with Crippen molar-refractivity contribution in [1.29, 1.82) is 0 Å². The van der Waals surface area contributed by atoms with E-state index in [-0.39, 0.29) is 10.6 Å². The average molecular weight is 257 g/mol. The van der Waals surface area contributed by atoms with Crippen molar-refractivity contribution < 1.29 is 13.3 Å². The zero-order valence-corrected chi connectivity index (χ0v) is 11.0. The minimum atomic E-state index is -3.55. The Labute approximate surface area is 101 Å². The lowest BCUT2D eigenvalue weighted by atomic mass is 10.2. The molecular formula is C11H15NO4S. The Morgan fingerprint density at radius 2 is 1.76 bits per heavy atom. The Balaban J connectivity index is 3.46. The number of hydrogen-bond acceptors (Lipinski definition) is 4. The Bertz CT molecular complexity index is 555. The molecule has 5 nitrogen and oxygen atoms in total. The number of nitro groups is 1. The first-order valence-electron chi connectivity index (χ1n) is 5.07. The third kappa shape index (κ3) is 2.46. The molecule has 0 amide bonds. The average Bonchev–Trinajstić information content (AvgIpc) is 2.15. The van der Waals surface area contributed by atoms with Gasteiger partial charge in [-0.3, -0.25) is 10.1 Å². The Morgan fingerprint density at radius 3 is 2.18 bits per heavy atom. The van der Waals surface area contributed by atoms with Crippen LogP contribution in [-0.2, 0) is 9.84 Å². The summed E-state index contributed by atoms with van der Waals surface area (Å²) in [5, 5.41) is 10.8. The molecule has 0 heterocycles. The number of sulfone groups is 1. The molecule has 17 heavy (non-hydrogen) atoms. The maximum absolute atomic E-state index is 12.1. The first-order chi connectivity index (χ1) is 7.57. The van der Waals surface area contributed by atoms with Gasteiger partial charge in [0.05, 0.1) is 14.6 Å². The van der Waals surface area contributed by atoms with Gasteiger partial charge in [0.25, 0.3) is 5.69 Å². The van der Waals surface area contributed by atoms with Gasteiger partial charge in [0.2, 0.25) is 0 Å². The van der Waals surface area contributed by atoms with E-state index >= 15 is 0 Å². The highest BCUT2D eigenvalue weighted by Crippen LogP contribution is 2.28. The molecule has 1 aromatic carbocycles. The molecule has 0 aliphatic carbocycles. The van der Waals surface area contributed by atoms with Gasteiger partial charge >= 0.3 is 0 Å². The van der Waals surface area contributed by atoms with E-state index in [9.17, 15) is 18.5 Å². The van der Waals surface area contributed by atoms with Gasteiger partial charge in [-0.2, -0.15) is 0 Å². The molecule has 0 spiro atoms. The van der Waals surface area contributed by atoms with Crippen LogP contribution in [0.25, 0.3) is 0 Å². The van der Waals surface area contributed by atoms with Crippen LogP contribution in [0.15, 0.2) is 23.1 Å². The minimum absolute atomic E-state index is 0.0118. The van der Waals surface area contributed by atoms with Gasteiger partial charge in [-0.1, -0.05) is 6.07 Å². The fraction of sp³-hybridized carbons (Fsp3) is 0.455. The van der Waals surface area contributed by atoms with Crippen molar-refractivity contribution in [3.05, 3.63) is 33.9 Å². The largest absolute Gasteiger partial charge is 0.273 e. The molecule has 0 bridgehead atoms. The molecular weight excluding hydrogens is 242 g/mol. The van der Waals surface area contributed by atoms with Crippen molar-refractivity contribution in [2.24, 2.45) is 0 Å². The van der Waals surface area contributed by atoms with Gasteiger partial charge in [-0.25, -0.2) is 8.42 Å². The van der Waals surface area contributed by atoms with Gasteiger partial charge in [-0.05, 0) is 33.8 Å². The lowest BCUT2D eigenvalue weighted by molar-refractivity contribution is -0.385.